The first kappa shape index (κ1) is 10.9. The number of aliphatic carboxylic acids is 1. The van der Waals surface area contributed by atoms with E-state index in [1.54, 1.807) is 0 Å². The third kappa shape index (κ3) is 2.69. The molecule has 0 spiro atoms. The Bertz CT molecular complexity index is 204. The maximum absolute atomic E-state index is 10.8. The first-order valence-corrected chi connectivity index (χ1v) is 5.82. The average molecular weight is 213 g/mol. The largest absolute Gasteiger partial charge is 0.480 e. The van der Waals surface area contributed by atoms with Crippen LogP contribution in [0.1, 0.15) is 32.1 Å². The summed E-state index contributed by atoms with van der Waals surface area (Å²) in [7, 11) is 0. The van der Waals surface area contributed by atoms with Crippen LogP contribution in [-0.2, 0) is 9.53 Å². The van der Waals surface area contributed by atoms with Crippen LogP contribution in [0.5, 0.6) is 0 Å². The maximum atomic E-state index is 10.8. The van der Waals surface area contributed by atoms with Crippen molar-refractivity contribution in [1.29, 1.82) is 0 Å². The van der Waals surface area contributed by atoms with E-state index in [1.165, 1.54) is 12.8 Å². The van der Waals surface area contributed by atoms with Crippen LogP contribution >= 0.6 is 0 Å². The Morgan fingerprint density at radius 1 is 1.27 bits per heavy atom. The Labute approximate surface area is 90.2 Å². The molecule has 15 heavy (non-hydrogen) atoms. The van der Waals surface area contributed by atoms with Crippen LogP contribution < -0.4 is 0 Å². The van der Waals surface area contributed by atoms with Crippen molar-refractivity contribution < 1.29 is 14.6 Å². The molecule has 0 radical (unpaired) electrons. The molecule has 0 amide bonds. The van der Waals surface area contributed by atoms with Gasteiger partial charge in [0.15, 0.2) is 0 Å². The number of ether oxygens (including phenoxy) is 1. The van der Waals surface area contributed by atoms with E-state index in [2.05, 4.69) is 4.90 Å². The summed E-state index contributed by atoms with van der Waals surface area (Å²) >= 11 is 0. The van der Waals surface area contributed by atoms with Gasteiger partial charge in [-0.1, -0.05) is 12.8 Å². The molecule has 0 bridgehead atoms. The Kier molecular flexibility index (Phi) is 3.59. The molecule has 1 heterocycles. The van der Waals surface area contributed by atoms with E-state index in [0.717, 1.165) is 25.9 Å². The summed E-state index contributed by atoms with van der Waals surface area (Å²) in [6, 6.07) is 0.817. The number of rotatable bonds is 4. The van der Waals surface area contributed by atoms with Crippen LogP contribution in [0.3, 0.4) is 0 Å². The van der Waals surface area contributed by atoms with Crippen LogP contribution in [0, 0.1) is 0 Å². The standard InChI is InChI=1S/C11H19NO3/c13-11(14)7-12(9-3-1-2-4-9)10-5-6-15-8-10/h9-10H,1-8H2,(H,13,14). The van der Waals surface area contributed by atoms with Crippen molar-refractivity contribution in [1.82, 2.24) is 4.90 Å². The van der Waals surface area contributed by atoms with Crippen molar-refractivity contribution in [3.8, 4) is 0 Å². The SMILES string of the molecule is O=C(O)CN(C1CCCC1)C1CCOC1. The Hall–Kier alpha value is -0.610. The summed E-state index contributed by atoms with van der Waals surface area (Å²) in [6.45, 7) is 1.68. The molecule has 86 valence electrons. The number of carboxylic acid groups (broad SMARTS) is 1. The van der Waals surface area contributed by atoms with Gasteiger partial charge in [0.05, 0.1) is 13.2 Å². The normalized spacial score (nSPS) is 27.7. The van der Waals surface area contributed by atoms with Gasteiger partial charge in [-0.25, -0.2) is 0 Å². The summed E-state index contributed by atoms with van der Waals surface area (Å²) in [4.78, 5) is 13.0. The lowest BCUT2D eigenvalue weighted by molar-refractivity contribution is -0.139. The Balaban J connectivity index is 1.97. The van der Waals surface area contributed by atoms with E-state index in [0.29, 0.717) is 18.7 Å². The number of hydrogen-bond acceptors (Lipinski definition) is 3. The van der Waals surface area contributed by atoms with E-state index in [4.69, 9.17) is 9.84 Å². The smallest absolute Gasteiger partial charge is 0.317 e. The van der Waals surface area contributed by atoms with Gasteiger partial charge in [0.2, 0.25) is 0 Å². The highest BCUT2D eigenvalue weighted by Gasteiger charge is 2.32. The van der Waals surface area contributed by atoms with Gasteiger partial charge in [0.25, 0.3) is 0 Å². The molecule has 1 saturated heterocycles. The fraction of sp³-hybridized carbons (Fsp3) is 0.909. The fourth-order valence-electron chi connectivity index (χ4n) is 2.73. The zero-order valence-electron chi connectivity index (χ0n) is 9.02. The number of hydrogen-bond donors (Lipinski definition) is 1. The maximum Gasteiger partial charge on any atom is 0.317 e. The summed E-state index contributed by atoms with van der Waals surface area (Å²) < 4.78 is 5.34. The average Bonchev–Trinajstić information content (AvgIpc) is 2.87. The second-order valence-electron chi connectivity index (χ2n) is 4.52. The molecule has 2 aliphatic rings. The van der Waals surface area contributed by atoms with Gasteiger partial charge in [-0.2, -0.15) is 0 Å². The highest BCUT2D eigenvalue weighted by Crippen LogP contribution is 2.27. The molecule has 1 aliphatic heterocycles. The topological polar surface area (TPSA) is 49.8 Å². The summed E-state index contributed by atoms with van der Waals surface area (Å²) in [5.41, 5.74) is 0. The third-order valence-corrected chi connectivity index (χ3v) is 3.49. The summed E-state index contributed by atoms with van der Waals surface area (Å²) in [5.74, 6) is -0.714. The molecule has 2 rings (SSSR count). The molecule has 1 saturated carbocycles. The minimum Gasteiger partial charge on any atom is -0.480 e. The predicted octanol–water partition coefficient (Wildman–Crippen LogP) is 1.10. The van der Waals surface area contributed by atoms with Crippen molar-refractivity contribution in [3.63, 3.8) is 0 Å². The highest BCUT2D eigenvalue weighted by atomic mass is 16.5. The van der Waals surface area contributed by atoms with Gasteiger partial charge in [0.1, 0.15) is 0 Å². The quantitative estimate of drug-likeness (QED) is 0.760. The van der Waals surface area contributed by atoms with Crippen molar-refractivity contribution in [2.45, 2.75) is 44.2 Å². The van der Waals surface area contributed by atoms with E-state index < -0.39 is 5.97 Å². The fourth-order valence-corrected chi connectivity index (χ4v) is 2.73. The van der Waals surface area contributed by atoms with Crippen LogP contribution in [0.4, 0.5) is 0 Å². The number of carboxylic acids is 1. The highest BCUT2D eigenvalue weighted by molar-refractivity contribution is 5.69. The first-order valence-electron chi connectivity index (χ1n) is 5.82. The lowest BCUT2D eigenvalue weighted by Crippen LogP contribution is -2.45. The Morgan fingerprint density at radius 2 is 2.00 bits per heavy atom. The molecule has 1 N–H and O–H groups in total. The molecule has 4 heteroatoms. The first-order chi connectivity index (χ1) is 7.27. The van der Waals surface area contributed by atoms with Gasteiger partial charge in [-0.05, 0) is 19.3 Å². The van der Waals surface area contributed by atoms with Crippen molar-refractivity contribution in [2.24, 2.45) is 0 Å². The molecule has 1 atom stereocenters. The van der Waals surface area contributed by atoms with Gasteiger partial charge < -0.3 is 9.84 Å². The molecule has 0 aromatic carbocycles. The van der Waals surface area contributed by atoms with Gasteiger partial charge >= 0.3 is 5.97 Å². The number of nitrogens with zero attached hydrogens (tertiary/aromatic N) is 1. The molecular weight excluding hydrogens is 194 g/mol. The van der Waals surface area contributed by atoms with Gasteiger partial charge in [0, 0.05) is 18.7 Å². The lowest BCUT2D eigenvalue weighted by atomic mass is 10.1. The minimum absolute atomic E-state index is 0.179. The van der Waals surface area contributed by atoms with E-state index in [1.807, 2.05) is 0 Å². The lowest BCUT2D eigenvalue weighted by Gasteiger charge is -2.31. The van der Waals surface area contributed by atoms with E-state index in [-0.39, 0.29) is 6.54 Å². The van der Waals surface area contributed by atoms with Gasteiger partial charge in [-0.15, -0.1) is 0 Å². The molecule has 0 aromatic heterocycles. The van der Waals surface area contributed by atoms with Crippen LogP contribution in [0.15, 0.2) is 0 Å². The zero-order valence-corrected chi connectivity index (χ0v) is 9.02. The molecule has 2 fully saturated rings. The van der Waals surface area contributed by atoms with Gasteiger partial charge in [-0.3, -0.25) is 9.69 Å². The minimum atomic E-state index is -0.714. The summed E-state index contributed by atoms with van der Waals surface area (Å²) in [5, 5.41) is 8.92. The third-order valence-electron chi connectivity index (χ3n) is 3.49. The van der Waals surface area contributed by atoms with Crippen molar-refractivity contribution in [3.05, 3.63) is 0 Å². The molecule has 1 unspecified atom stereocenters. The van der Waals surface area contributed by atoms with E-state index in [9.17, 15) is 4.79 Å². The zero-order chi connectivity index (χ0) is 10.7. The molecule has 4 nitrogen and oxygen atoms in total. The summed E-state index contributed by atoms with van der Waals surface area (Å²) in [6.07, 6.45) is 5.79. The molecule has 0 aromatic rings. The van der Waals surface area contributed by atoms with E-state index >= 15 is 0 Å². The monoisotopic (exact) mass is 213 g/mol. The Morgan fingerprint density at radius 3 is 2.53 bits per heavy atom. The van der Waals surface area contributed by atoms with Crippen molar-refractivity contribution >= 4 is 5.97 Å². The molecular formula is C11H19NO3. The van der Waals surface area contributed by atoms with Crippen LogP contribution in [0.2, 0.25) is 0 Å². The second-order valence-corrected chi connectivity index (χ2v) is 4.52. The van der Waals surface area contributed by atoms with Crippen LogP contribution in [-0.4, -0.2) is 47.8 Å². The second kappa shape index (κ2) is 4.94. The van der Waals surface area contributed by atoms with Crippen molar-refractivity contribution in [2.75, 3.05) is 19.8 Å². The molecule has 1 aliphatic carbocycles. The number of carbonyl (C=O) groups is 1. The predicted molar refractivity (Wildman–Crippen MR) is 55.8 cm³/mol. The van der Waals surface area contributed by atoms with Crippen LogP contribution in [0.25, 0.3) is 0 Å².